The van der Waals surface area contributed by atoms with E-state index in [-0.39, 0.29) is 12.6 Å². The number of halogens is 1. The first-order chi connectivity index (χ1) is 14.4. The Kier molecular flexibility index (Phi) is 10.4. The molecule has 8 nitrogen and oxygen atoms in total. The van der Waals surface area contributed by atoms with E-state index in [1.165, 1.54) is 0 Å². The van der Waals surface area contributed by atoms with Crippen LogP contribution in [0.3, 0.4) is 0 Å². The molecule has 0 heterocycles. The maximum Gasteiger partial charge on any atom is 0.468 e. The molecule has 2 amide bonds. The zero-order valence-corrected chi connectivity index (χ0v) is 19.2. The van der Waals surface area contributed by atoms with Crippen molar-refractivity contribution in [1.29, 1.82) is 0 Å². The van der Waals surface area contributed by atoms with Crippen molar-refractivity contribution in [2.75, 3.05) is 13.2 Å². The van der Waals surface area contributed by atoms with Gasteiger partial charge in [-0.2, -0.15) is 4.89 Å². The summed E-state index contributed by atoms with van der Waals surface area (Å²) >= 11 is 0. The van der Waals surface area contributed by atoms with Crippen LogP contribution in [0, 0.1) is 0 Å². The van der Waals surface area contributed by atoms with Crippen LogP contribution in [-0.4, -0.2) is 42.6 Å². The van der Waals surface area contributed by atoms with Crippen molar-refractivity contribution < 1.29 is 28.5 Å². The third kappa shape index (κ3) is 13.3. The van der Waals surface area contributed by atoms with Crippen LogP contribution in [-0.2, 0) is 27.4 Å². The van der Waals surface area contributed by atoms with Crippen LogP contribution in [0.25, 0.3) is 0 Å². The number of aliphatic imine (C=N–C) groups is 1. The van der Waals surface area contributed by atoms with Gasteiger partial charge in [-0.1, -0.05) is 24.3 Å². The minimum Gasteiger partial charge on any atom is -0.444 e. The molecular weight excluding hydrogens is 405 g/mol. The molecule has 0 aromatic heterocycles. The van der Waals surface area contributed by atoms with Gasteiger partial charge in [0.1, 0.15) is 11.2 Å². The number of hydrogen-bond acceptors (Lipinski definition) is 5. The Balaban J connectivity index is 2.71. The largest absolute Gasteiger partial charge is 0.468 e. The number of hydrogen-bond donors (Lipinski definition) is 2. The van der Waals surface area contributed by atoms with E-state index in [4.69, 9.17) is 9.62 Å². The molecular formula is C22H34FN3O5. The van der Waals surface area contributed by atoms with Gasteiger partial charge >= 0.3 is 12.2 Å². The highest BCUT2D eigenvalue weighted by Crippen LogP contribution is 2.09. The number of alkyl halides is 1. The van der Waals surface area contributed by atoms with Crippen molar-refractivity contribution in [3.63, 3.8) is 0 Å². The number of guanidine groups is 1. The van der Waals surface area contributed by atoms with Crippen molar-refractivity contribution in [2.24, 2.45) is 4.99 Å². The smallest absolute Gasteiger partial charge is 0.444 e. The second kappa shape index (κ2) is 12.2. The first-order valence-corrected chi connectivity index (χ1v) is 10.2. The Morgan fingerprint density at radius 2 is 1.55 bits per heavy atom. The Labute approximate surface area is 183 Å². The Hall–Kier alpha value is -2.68. The maximum absolute atomic E-state index is 12.3. The van der Waals surface area contributed by atoms with Crippen LogP contribution >= 0.6 is 0 Å². The van der Waals surface area contributed by atoms with Gasteiger partial charge in [0.05, 0.1) is 6.67 Å². The van der Waals surface area contributed by atoms with Crippen LogP contribution in [0.5, 0.6) is 0 Å². The minimum atomic E-state index is -1.02. The van der Waals surface area contributed by atoms with Gasteiger partial charge in [-0.3, -0.25) is 14.6 Å². The lowest BCUT2D eigenvalue weighted by Gasteiger charge is -2.20. The molecule has 0 spiro atoms. The summed E-state index contributed by atoms with van der Waals surface area (Å²) in [7, 11) is 0. The molecule has 0 aliphatic rings. The van der Waals surface area contributed by atoms with Gasteiger partial charge < -0.3 is 10.1 Å². The number of benzene rings is 1. The number of ether oxygens (including phenoxy) is 1. The molecule has 0 aliphatic heterocycles. The number of rotatable bonds is 7. The fourth-order valence-electron chi connectivity index (χ4n) is 2.25. The molecule has 0 radical (unpaired) electrons. The van der Waals surface area contributed by atoms with E-state index in [9.17, 15) is 14.0 Å². The molecule has 31 heavy (non-hydrogen) atoms. The molecule has 0 saturated heterocycles. The molecule has 174 valence electrons. The van der Waals surface area contributed by atoms with Crippen LogP contribution in [0.4, 0.5) is 14.0 Å². The van der Waals surface area contributed by atoms with E-state index in [1.54, 1.807) is 41.5 Å². The van der Waals surface area contributed by atoms with Gasteiger partial charge in [-0.05, 0) is 71.9 Å². The highest BCUT2D eigenvalue weighted by Gasteiger charge is 2.19. The second-order valence-corrected chi connectivity index (χ2v) is 8.92. The van der Waals surface area contributed by atoms with E-state index in [0.717, 1.165) is 11.1 Å². The predicted molar refractivity (Wildman–Crippen MR) is 117 cm³/mol. The van der Waals surface area contributed by atoms with Crippen LogP contribution < -0.4 is 10.6 Å². The summed E-state index contributed by atoms with van der Waals surface area (Å²) in [5, 5.41) is 5.30. The number of alkyl carbamates (subject to hydrolysis) is 1. The van der Waals surface area contributed by atoms with Gasteiger partial charge in [0.15, 0.2) is 0 Å². The minimum absolute atomic E-state index is 0.115. The molecule has 0 fully saturated rings. The van der Waals surface area contributed by atoms with Crippen LogP contribution in [0.15, 0.2) is 29.3 Å². The predicted octanol–water partition coefficient (Wildman–Crippen LogP) is 4.47. The summed E-state index contributed by atoms with van der Waals surface area (Å²) in [6.45, 7) is 10.4. The highest BCUT2D eigenvalue weighted by atomic mass is 19.1. The first kappa shape index (κ1) is 26.4. The van der Waals surface area contributed by atoms with E-state index in [1.807, 2.05) is 24.3 Å². The van der Waals surface area contributed by atoms with Gasteiger partial charge in [-0.25, -0.2) is 9.59 Å². The highest BCUT2D eigenvalue weighted by molar-refractivity contribution is 5.98. The maximum atomic E-state index is 12.3. The Bertz CT molecular complexity index is 737. The summed E-state index contributed by atoms with van der Waals surface area (Å²) in [5.74, 6) is -0.115. The second-order valence-electron chi connectivity index (χ2n) is 8.92. The number of nitrogens with zero attached hydrogens (tertiary/aromatic N) is 1. The number of carbonyl (C=O) groups excluding carboxylic acids is 2. The van der Waals surface area contributed by atoms with Gasteiger partial charge in [0.2, 0.25) is 5.96 Å². The third-order valence-electron chi connectivity index (χ3n) is 3.51. The summed E-state index contributed by atoms with van der Waals surface area (Å²) in [4.78, 5) is 37.3. The lowest BCUT2D eigenvalue weighted by molar-refractivity contribution is -0.298. The van der Waals surface area contributed by atoms with Crippen molar-refractivity contribution in [2.45, 2.75) is 72.0 Å². The van der Waals surface area contributed by atoms with Crippen molar-refractivity contribution >= 4 is 18.1 Å². The Morgan fingerprint density at radius 3 is 2.06 bits per heavy atom. The summed E-state index contributed by atoms with van der Waals surface area (Å²) in [5.41, 5.74) is 0.694. The standard InChI is InChI=1S/C22H34FN3O5/c1-21(2,3)29-19(27)25-18(26-20(28)30-31-22(4,5)6)24-15-13-17-11-9-16(10-12-17)8-7-14-23/h9-12H,7-8,13-15H2,1-6H3,(H2,24,25,26,27,28). The van der Waals surface area contributed by atoms with Crippen molar-refractivity contribution in [3.8, 4) is 0 Å². The molecule has 0 saturated carbocycles. The molecule has 0 atom stereocenters. The monoisotopic (exact) mass is 439 g/mol. The van der Waals surface area contributed by atoms with Crippen molar-refractivity contribution in [3.05, 3.63) is 35.4 Å². The molecule has 0 aliphatic carbocycles. The zero-order chi connectivity index (χ0) is 23.5. The van der Waals surface area contributed by atoms with Gasteiger partial charge in [-0.15, -0.1) is 4.99 Å². The van der Waals surface area contributed by atoms with Crippen LogP contribution in [0.2, 0.25) is 0 Å². The van der Waals surface area contributed by atoms with E-state index < -0.39 is 23.4 Å². The molecule has 9 heteroatoms. The first-order valence-electron chi connectivity index (χ1n) is 10.2. The third-order valence-corrected chi connectivity index (χ3v) is 3.51. The molecule has 1 aromatic rings. The molecule has 0 unspecified atom stereocenters. The van der Waals surface area contributed by atoms with E-state index >= 15 is 0 Å². The van der Waals surface area contributed by atoms with Crippen molar-refractivity contribution in [1.82, 2.24) is 10.6 Å². The summed E-state index contributed by atoms with van der Waals surface area (Å²) < 4.78 is 17.5. The zero-order valence-electron chi connectivity index (χ0n) is 19.2. The quantitative estimate of drug-likeness (QED) is 0.282. The average molecular weight is 440 g/mol. The lowest BCUT2D eigenvalue weighted by Crippen LogP contribution is -2.44. The molecule has 1 rings (SSSR count). The Morgan fingerprint density at radius 1 is 0.968 bits per heavy atom. The van der Waals surface area contributed by atoms with Crippen LogP contribution in [0.1, 0.15) is 59.1 Å². The average Bonchev–Trinajstić information content (AvgIpc) is 2.63. The fraction of sp³-hybridized carbons (Fsp3) is 0.591. The summed E-state index contributed by atoms with van der Waals surface area (Å²) in [6.07, 6.45) is 0.0220. The lowest BCUT2D eigenvalue weighted by atomic mass is 10.1. The number of aryl methyl sites for hydroxylation is 1. The molecule has 1 aromatic carbocycles. The fourth-order valence-corrected chi connectivity index (χ4v) is 2.25. The van der Waals surface area contributed by atoms with Gasteiger partial charge in [0, 0.05) is 6.54 Å². The SMILES string of the molecule is CC(C)(C)OOC(=O)/N=C(/NCCc1ccc(CCCF)cc1)NC(=O)OC(C)(C)C. The normalized spacial score (nSPS) is 12.3. The topological polar surface area (TPSA) is 98.3 Å². The number of nitrogens with one attached hydrogen (secondary N) is 2. The van der Waals surface area contributed by atoms with Gasteiger partial charge in [0.25, 0.3) is 0 Å². The number of amides is 2. The van der Waals surface area contributed by atoms with E-state index in [2.05, 4.69) is 20.5 Å². The molecule has 0 bridgehead atoms. The molecule has 2 N–H and O–H groups in total. The summed E-state index contributed by atoms with van der Waals surface area (Å²) in [6, 6.07) is 7.83. The number of carbonyl (C=O) groups is 2. The van der Waals surface area contributed by atoms with E-state index in [0.29, 0.717) is 25.8 Å².